The van der Waals surface area contributed by atoms with Gasteiger partial charge in [0.1, 0.15) is 5.76 Å². The van der Waals surface area contributed by atoms with Crippen LogP contribution in [0.4, 0.5) is 0 Å². The minimum atomic E-state index is -0.297. The lowest BCUT2D eigenvalue weighted by Crippen LogP contribution is -2.62. The van der Waals surface area contributed by atoms with Crippen molar-refractivity contribution in [3.05, 3.63) is 23.2 Å². The summed E-state index contributed by atoms with van der Waals surface area (Å²) in [6.07, 6.45) is 2.95. The van der Waals surface area contributed by atoms with Crippen LogP contribution in [-0.2, 0) is 11.2 Å². The van der Waals surface area contributed by atoms with Crippen molar-refractivity contribution in [1.82, 2.24) is 4.90 Å². The molecular formula is C18H27NO4. The largest absolute Gasteiger partial charge is 0.456 e. The quantitative estimate of drug-likeness (QED) is 0.926. The lowest BCUT2D eigenvalue weighted by molar-refractivity contribution is -0.207. The first-order valence-electron chi connectivity index (χ1n) is 8.70. The average molecular weight is 321 g/mol. The van der Waals surface area contributed by atoms with Gasteiger partial charge in [0.15, 0.2) is 5.76 Å². The number of carbonyl (C=O) groups is 1. The first-order chi connectivity index (χ1) is 11.0. The molecule has 2 aliphatic rings. The Labute approximate surface area is 137 Å². The molecule has 3 rings (SSSR count). The molecular weight excluding hydrogens is 294 g/mol. The van der Waals surface area contributed by atoms with Crippen LogP contribution in [0.15, 0.2) is 10.5 Å². The van der Waals surface area contributed by atoms with Crippen LogP contribution in [0, 0.1) is 12.3 Å². The highest BCUT2D eigenvalue weighted by atomic mass is 16.5. The molecule has 1 saturated heterocycles. The molecule has 1 aromatic rings. The van der Waals surface area contributed by atoms with Crippen molar-refractivity contribution >= 4 is 5.91 Å². The molecule has 23 heavy (non-hydrogen) atoms. The number of amides is 1. The molecule has 2 fully saturated rings. The number of ether oxygens (including phenoxy) is 1. The Kier molecular flexibility index (Phi) is 4.52. The van der Waals surface area contributed by atoms with Crippen LogP contribution in [-0.4, -0.2) is 47.8 Å². The number of hydrogen-bond donors (Lipinski definition) is 1. The van der Waals surface area contributed by atoms with Crippen LogP contribution >= 0.6 is 0 Å². The van der Waals surface area contributed by atoms with Gasteiger partial charge in [-0.1, -0.05) is 6.92 Å². The number of hydrogen-bond acceptors (Lipinski definition) is 4. The first kappa shape index (κ1) is 16.5. The third-order valence-corrected chi connectivity index (χ3v) is 5.64. The normalized spacial score (nSPS) is 26.3. The average Bonchev–Trinajstić information content (AvgIpc) is 2.95. The SMILES string of the molecule is CCOC1CC(O)C12CCN(C(=O)c1cc(C)c(CC)o1)CC2. The summed E-state index contributed by atoms with van der Waals surface area (Å²) < 4.78 is 11.5. The molecule has 5 heteroatoms. The van der Waals surface area contributed by atoms with Crippen LogP contribution in [0.1, 0.15) is 55.0 Å². The van der Waals surface area contributed by atoms with E-state index in [1.165, 1.54) is 0 Å². The lowest BCUT2D eigenvalue weighted by atomic mass is 9.58. The molecule has 0 bridgehead atoms. The van der Waals surface area contributed by atoms with Gasteiger partial charge in [0.2, 0.25) is 0 Å². The molecule has 0 aromatic carbocycles. The third kappa shape index (κ3) is 2.70. The smallest absolute Gasteiger partial charge is 0.289 e. The highest BCUT2D eigenvalue weighted by Gasteiger charge is 2.56. The molecule has 128 valence electrons. The Hall–Kier alpha value is -1.33. The Balaban J connectivity index is 1.65. The van der Waals surface area contributed by atoms with Gasteiger partial charge in [0.25, 0.3) is 5.91 Å². The van der Waals surface area contributed by atoms with Crippen LogP contribution in [0.25, 0.3) is 0 Å². The minimum Gasteiger partial charge on any atom is -0.456 e. The predicted molar refractivity (Wildman–Crippen MR) is 86.4 cm³/mol. The van der Waals surface area contributed by atoms with Crippen LogP contribution in [0.3, 0.4) is 0 Å². The Morgan fingerprint density at radius 3 is 2.65 bits per heavy atom. The van der Waals surface area contributed by atoms with Gasteiger partial charge >= 0.3 is 0 Å². The number of aryl methyl sites for hydroxylation is 2. The predicted octanol–water partition coefficient (Wildman–Crippen LogP) is 2.54. The van der Waals surface area contributed by atoms with E-state index in [9.17, 15) is 9.90 Å². The van der Waals surface area contributed by atoms with Gasteiger partial charge in [0, 0.05) is 38.0 Å². The zero-order valence-corrected chi connectivity index (χ0v) is 14.3. The number of aliphatic hydroxyl groups excluding tert-OH is 1. The molecule has 1 N–H and O–H groups in total. The molecule has 0 radical (unpaired) electrons. The second-order valence-corrected chi connectivity index (χ2v) is 6.79. The van der Waals surface area contributed by atoms with Crippen molar-refractivity contribution in [3.8, 4) is 0 Å². The zero-order valence-electron chi connectivity index (χ0n) is 14.3. The van der Waals surface area contributed by atoms with Gasteiger partial charge < -0.3 is 19.2 Å². The highest BCUT2D eigenvalue weighted by molar-refractivity contribution is 5.91. The molecule has 1 aromatic heterocycles. The summed E-state index contributed by atoms with van der Waals surface area (Å²) in [6, 6.07) is 1.84. The number of piperidine rings is 1. The van der Waals surface area contributed by atoms with Crippen LogP contribution in [0.5, 0.6) is 0 Å². The summed E-state index contributed by atoms with van der Waals surface area (Å²) in [5.74, 6) is 1.28. The van der Waals surface area contributed by atoms with Gasteiger partial charge in [-0.25, -0.2) is 0 Å². The van der Waals surface area contributed by atoms with Crippen LogP contribution < -0.4 is 0 Å². The molecule has 2 heterocycles. The van der Waals surface area contributed by atoms with Crippen molar-refractivity contribution in [2.45, 2.75) is 58.7 Å². The number of nitrogens with zero attached hydrogens (tertiary/aromatic N) is 1. The fourth-order valence-electron chi connectivity index (χ4n) is 4.07. The Morgan fingerprint density at radius 2 is 2.13 bits per heavy atom. The molecule has 1 amide bonds. The van der Waals surface area contributed by atoms with E-state index in [1.54, 1.807) is 0 Å². The van der Waals surface area contributed by atoms with Gasteiger partial charge in [-0.15, -0.1) is 0 Å². The van der Waals surface area contributed by atoms with Crippen molar-refractivity contribution in [2.24, 2.45) is 5.41 Å². The number of aliphatic hydroxyl groups is 1. The molecule has 2 unspecified atom stereocenters. The third-order valence-electron chi connectivity index (χ3n) is 5.64. The fourth-order valence-corrected chi connectivity index (χ4v) is 4.07. The zero-order chi connectivity index (χ0) is 16.6. The fraction of sp³-hybridized carbons (Fsp3) is 0.722. The van der Waals surface area contributed by atoms with E-state index in [2.05, 4.69) is 0 Å². The molecule has 1 spiro atoms. The monoisotopic (exact) mass is 321 g/mol. The number of carbonyl (C=O) groups excluding carboxylic acids is 1. The standard InChI is InChI=1S/C18H27NO4/c1-4-13-12(3)10-14(23-13)17(21)19-8-6-18(7-9-19)15(20)11-16(18)22-5-2/h10,15-16,20H,4-9,11H2,1-3H3. The van der Waals surface area contributed by atoms with Gasteiger partial charge in [-0.05, 0) is 38.3 Å². The van der Waals surface area contributed by atoms with Gasteiger partial charge in [-0.3, -0.25) is 4.79 Å². The first-order valence-corrected chi connectivity index (χ1v) is 8.70. The summed E-state index contributed by atoms with van der Waals surface area (Å²) in [5.41, 5.74) is 0.885. The van der Waals surface area contributed by atoms with E-state index in [0.717, 1.165) is 37.0 Å². The molecule has 1 aliphatic carbocycles. The minimum absolute atomic E-state index is 0.0376. The summed E-state index contributed by atoms with van der Waals surface area (Å²) in [5, 5.41) is 10.2. The maximum absolute atomic E-state index is 12.6. The topological polar surface area (TPSA) is 62.9 Å². The van der Waals surface area contributed by atoms with Crippen LogP contribution in [0.2, 0.25) is 0 Å². The van der Waals surface area contributed by atoms with Crippen molar-refractivity contribution in [3.63, 3.8) is 0 Å². The van der Waals surface area contributed by atoms with E-state index < -0.39 is 0 Å². The van der Waals surface area contributed by atoms with Gasteiger partial charge in [-0.2, -0.15) is 0 Å². The van der Waals surface area contributed by atoms with E-state index >= 15 is 0 Å². The lowest BCUT2D eigenvalue weighted by Gasteiger charge is -2.56. The van der Waals surface area contributed by atoms with E-state index in [4.69, 9.17) is 9.15 Å². The molecule has 1 saturated carbocycles. The second kappa shape index (κ2) is 6.29. The second-order valence-electron chi connectivity index (χ2n) is 6.79. The van der Waals surface area contributed by atoms with Crippen molar-refractivity contribution < 1.29 is 19.1 Å². The maximum Gasteiger partial charge on any atom is 0.289 e. The number of rotatable bonds is 4. The van der Waals surface area contributed by atoms with Gasteiger partial charge in [0.05, 0.1) is 12.2 Å². The summed E-state index contributed by atoms with van der Waals surface area (Å²) >= 11 is 0. The summed E-state index contributed by atoms with van der Waals surface area (Å²) in [6.45, 7) is 7.97. The Morgan fingerprint density at radius 1 is 1.43 bits per heavy atom. The number of furan rings is 1. The maximum atomic E-state index is 12.6. The molecule has 1 aliphatic heterocycles. The van der Waals surface area contributed by atoms with Crippen molar-refractivity contribution in [1.29, 1.82) is 0 Å². The Bertz CT molecular complexity index is 570. The van der Waals surface area contributed by atoms with Crippen molar-refractivity contribution in [2.75, 3.05) is 19.7 Å². The molecule has 5 nitrogen and oxygen atoms in total. The highest BCUT2D eigenvalue weighted by Crippen LogP contribution is 2.51. The molecule has 2 atom stereocenters. The van der Waals surface area contributed by atoms with E-state index in [1.807, 2.05) is 31.7 Å². The summed E-state index contributed by atoms with van der Waals surface area (Å²) in [4.78, 5) is 14.5. The van der Waals surface area contributed by atoms with E-state index in [-0.39, 0.29) is 23.5 Å². The summed E-state index contributed by atoms with van der Waals surface area (Å²) in [7, 11) is 0. The number of likely N-dealkylation sites (tertiary alicyclic amines) is 1. The van der Waals surface area contributed by atoms with E-state index in [0.29, 0.717) is 25.5 Å².